The maximum Gasteiger partial charge on any atom is 1.00 e. The van der Waals surface area contributed by atoms with E-state index in [2.05, 4.69) is 25.6 Å². The van der Waals surface area contributed by atoms with Gasteiger partial charge in [-0.1, -0.05) is 5.16 Å². The maximum absolute atomic E-state index is 12.4. The second kappa shape index (κ2) is 9.96. The number of carbonyl (C=O) groups is 3. The standard InChI is InChI=1S/C12H14ClN5O7S2.Na/c1-5-8(11(21)18(5)27(22,23)24)16-10(20)9(17-25-2)6-4-26-12(14-6)15-7(19)3-13;/h4-5,8H,3H2,1-2H3,(H,16,20)(H,14,15,19)(H,22,23,24);/q;+1/p-1/t5-,8+;/m1./s1. The molecule has 0 aliphatic carbocycles. The molecule has 0 unspecified atom stereocenters. The molecule has 28 heavy (non-hydrogen) atoms. The predicted molar refractivity (Wildman–Crippen MR) is 92.9 cm³/mol. The van der Waals surface area contributed by atoms with E-state index in [1.54, 1.807) is 0 Å². The van der Waals surface area contributed by atoms with Gasteiger partial charge < -0.3 is 20.0 Å². The van der Waals surface area contributed by atoms with Crippen molar-refractivity contribution in [3.8, 4) is 0 Å². The number of oxime groups is 1. The summed E-state index contributed by atoms with van der Waals surface area (Å²) >= 11 is 6.37. The van der Waals surface area contributed by atoms with Crippen LogP contribution in [0.25, 0.3) is 0 Å². The van der Waals surface area contributed by atoms with E-state index in [4.69, 9.17) is 11.6 Å². The predicted octanol–water partition coefficient (Wildman–Crippen LogP) is -4.15. The van der Waals surface area contributed by atoms with Crippen LogP contribution in [0.15, 0.2) is 10.5 Å². The number of nitrogens with one attached hydrogen (secondary N) is 2. The summed E-state index contributed by atoms with van der Waals surface area (Å²) in [4.78, 5) is 44.1. The molecule has 3 amide bonds. The second-order valence-corrected chi connectivity index (χ2v) is 7.50. The van der Waals surface area contributed by atoms with Gasteiger partial charge in [-0.05, 0) is 6.92 Å². The summed E-state index contributed by atoms with van der Waals surface area (Å²) in [5.41, 5.74) is -0.277. The average Bonchev–Trinajstić information content (AvgIpc) is 3.04. The number of anilines is 1. The van der Waals surface area contributed by atoms with Crippen molar-refractivity contribution in [3.05, 3.63) is 11.1 Å². The summed E-state index contributed by atoms with van der Waals surface area (Å²) < 4.78 is 33.1. The molecular formula is C12H13ClN5NaO7S2. The fourth-order valence-electron chi connectivity index (χ4n) is 2.19. The van der Waals surface area contributed by atoms with Crippen molar-refractivity contribution in [2.45, 2.75) is 19.0 Å². The quantitative estimate of drug-likeness (QED) is 0.103. The first-order valence-corrected chi connectivity index (χ1v) is 9.91. The molecule has 0 saturated carbocycles. The molecule has 1 aromatic rings. The number of hydrogen-bond acceptors (Lipinski definition) is 10. The van der Waals surface area contributed by atoms with E-state index in [1.807, 2.05) is 0 Å². The van der Waals surface area contributed by atoms with Crippen LogP contribution in [-0.4, -0.2) is 70.8 Å². The van der Waals surface area contributed by atoms with Crippen molar-refractivity contribution in [2.75, 3.05) is 18.3 Å². The number of nitrogens with zero attached hydrogens (tertiary/aromatic N) is 3. The molecule has 1 aliphatic heterocycles. The van der Waals surface area contributed by atoms with Crippen LogP contribution in [0.1, 0.15) is 12.6 Å². The van der Waals surface area contributed by atoms with E-state index in [1.165, 1.54) is 19.4 Å². The molecule has 2 atom stereocenters. The van der Waals surface area contributed by atoms with Crippen LogP contribution in [0, 0.1) is 0 Å². The number of thiazole rings is 1. The summed E-state index contributed by atoms with van der Waals surface area (Å²) in [5, 5.41) is 9.77. The largest absolute Gasteiger partial charge is 1.00 e. The van der Waals surface area contributed by atoms with Crippen molar-refractivity contribution < 1.29 is 61.7 Å². The third-order valence-electron chi connectivity index (χ3n) is 3.38. The maximum atomic E-state index is 12.4. The Kier molecular flexibility index (Phi) is 8.80. The van der Waals surface area contributed by atoms with Crippen LogP contribution in [0.3, 0.4) is 0 Å². The first-order chi connectivity index (χ1) is 12.6. The van der Waals surface area contributed by atoms with E-state index in [9.17, 15) is 27.4 Å². The third-order valence-corrected chi connectivity index (χ3v) is 5.37. The molecule has 0 spiro atoms. The molecule has 1 aromatic heterocycles. The Labute approximate surface area is 190 Å². The zero-order chi connectivity index (χ0) is 20.4. The minimum Gasteiger partial charge on any atom is -0.731 e. The smallest absolute Gasteiger partial charge is 0.731 e. The molecule has 2 N–H and O–H groups in total. The summed E-state index contributed by atoms with van der Waals surface area (Å²) in [6, 6.07) is -2.28. The molecule has 0 bridgehead atoms. The number of hydrogen-bond donors (Lipinski definition) is 2. The molecule has 16 heteroatoms. The van der Waals surface area contributed by atoms with Crippen molar-refractivity contribution in [1.29, 1.82) is 0 Å². The zero-order valence-electron chi connectivity index (χ0n) is 14.8. The number of alkyl halides is 1. The SMILES string of the molecule is CON=C(C(=O)N[C@@H]1C(=O)N(S(=O)(=O)[O-])[C@@H]1C)c1csc(NC(=O)CCl)n1.[Na+]. The van der Waals surface area contributed by atoms with Crippen LogP contribution in [0.2, 0.25) is 0 Å². The van der Waals surface area contributed by atoms with Crippen LogP contribution in [0.4, 0.5) is 5.13 Å². The van der Waals surface area contributed by atoms with Gasteiger partial charge in [-0.3, -0.25) is 14.4 Å². The summed E-state index contributed by atoms with van der Waals surface area (Å²) in [6.45, 7) is 1.29. The van der Waals surface area contributed by atoms with Gasteiger partial charge in [-0.2, -0.15) is 0 Å². The summed E-state index contributed by atoms with van der Waals surface area (Å²) in [6.07, 6.45) is 0. The Hall–Kier alpha value is -1.29. The number of halogens is 1. The fourth-order valence-corrected chi connectivity index (χ4v) is 3.83. The molecule has 148 valence electrons. The minimum atomic E-state index is -4.96. The number of amides is 3. The van der Waals surface area contributed by atoms with Crippen LogP contribution in [0.5, 0.6) is 0 Å². The number of rotatable bonds is 7. The molecule has 1 saturated heterocycles. The van der Waals surface area contributed by atoms with E-state index in [-0.39, 0.29) is 56.3 Å². The van der Waals surface area contributed by atoms with Gasteiger partial charge in [0.2, 0.25) is 5.91 Å². The number of carbonyl (C=O) groups excluding carboxylic acids is 3. The van der Waals surface area contributed by atoms with E-state index < -0.39 is 40.1 Å². The van der Waals surface area contributed by atoms with E-state index in [0.29, 0.717) is 0 Å². The molecule has 12 nitrogen and oxygen atoms in total. The van der Waals surface area contributed by atoms with Crippen LogP contribution >= 0.6 is 22.9 Å². The normalized spacial score (nSPS) is 19.4. The van der Waals surface area contributed by atoms with Gasteiger partial charge in [0.15, 0.2) is 21.1 Å². The first-order valence-electron chi connectivity index (χ1n) is 7.13. The molecule has 2 heterocycles. The van der Waals surface area contributed by atoms with Gasteiger partial charge >= 0.3 is 29.6 Å². The Morgan fingerprint density at radius 3 is 2.64 bits per heavy atom. The minimum absolute atomic E-state index is 0. The van der Waals surface area contributed by atoms with Crippen molar-refractivity contribution in [3.63, 3.8) is 0 Å². The van der Waals surface area contributed by atoms with Gasteiger partial charge in [0.05, 0.1) is 6.04 Å². The summed E-state index contributed by atoms with van der Waals surface area (Å²) in [5.74, 6) is -2.73. The number of β-lactam (4-membered cyclic amide) rings is 1. The molecule has 0 aromatic carbocycles. The fraction of sp³-hybridized carbons (Fsp3) is 0.417. The second-order valence-electron chi connectivity index (χ2n) is 5.13. The monoisotopic (exact) mass is 461 g/mol. The summed E-state index contributed by atoms with van der Waals surface area (Å²) in [7, 11) is -3.78. The third kappa shape index (κ3) is 5.40. The van der Waals surface area contributed by atoms with Gasteiger partial charge in [0.25, 0.3) is 11.8 Å². The van der Waals surface area contributed by atoms with Gasteiger partial charge in [-0.25, -0.2) is 17.7 Å². The molecular weight excluding hydrogens is 449 g/mol. The van der Waals surface area contributed by atoms with Crippen LogP contribution in [-0.2, 0) is 29.5 Å². The van der Waals surface area contributed by atoms with Gasteiger partial charge in [-0.15, -0.1) is 22.9 Å². The average molecular weight is 462 g/mol. The van der Waals surface area contributed by atoms with Crippen molar-refractivity contribution >= 4 is 61.8 Å². The van der Waals surface area contributed by atoms with E-state index in [0.717, 1.165) is 11.3 Å². The van der Waals surface area contributed by atoms with E-state index >= 15 is 0 Å². The molecule has 1 fully saturated rings. The van der Waals surface area contributed by atoms with Crippen molar-refractivity contribution in [1.82, 2.24) is 14.6 Å². The Morgan fingerprint density at radius 1 is 1.50 bits per heavy atom. The molecule has 0 radical (unpaired) electrons. The first kappa shape index (κ1) is 24.7. The zero-order valence-corrected chi connectivity index (χ0v) is 19.2. The Balaban J connectivity index is 0.00000392. The Morgan fingerprint density at radius 2 is 2.14 bits per heavy atom. The van der Waals surface area contributed by atoms with Crippen molar-refractivity contribution in [2.24, 2.45) is 5.16 Å². The molecule has 1 aliphatic rings. The van der Waals surface area contributed by atoms with Crippen LogP contribution < -0.4 is 40.2 Å². The van der Waals surface area contributed by atoms with Gasteiger partial charge in [0, 0.05) is 5.38 Å². The number of aromatic nitrogens is 1. The van der Waals surface area contributed by atoms with Gasteiger partial charge in [0.1, 0.15) is 24.7 Å². The Bertz CT molecular complexity index is 906. The topological polar surface area (TPSA) is 170 Å². The molecule has 2 rings (SSSR count).